The van der Waals surface area contributed by atoms with E-state index in [4.69, 9.17) is 4.74 Å². The maximum Gasteiger partial charge on any atom is 0.261 e. The number of aryl methyl sites for hydroxylation is 1. The lowest BCUT2D eigenvalue weighted by molar-refractivity contribution is -0.142. The number of ether oxygens (including phenoxy) is 1. The lowest BCUT2D eigenvalue weighted by Gasteiger charge is -2.31. The van der Waals surface area contributed by atoms with E-state index in [1.807, 2.05) is 56.3 Å². The summed E-state index contributed by atoms with van der Waals surface area (Å²) in [6, 6.07) is 13.5. The number of amides is 2. The molecule has 5 nitrogen and oxygen atoms in total. The van der Waals surface area contributed by atoms with E-state index >= 15 is 0 Å². The highest BCUT2D eigenvalue weighted by Crippen LogP contribution is 2.31. The molecule has 0 heterocycles. The molecule has 0 aromatic heterocycles. The average Bonchev–Trinajstić information content (AvgIpc) is 2.82. The standard InChI is InChI=1S/C29H39BrN2O3/c1-20-11-9-10-12-22(20)18-32(21(2)28(34)31-24-13-7-6-8-14-24)27(33)19-35-26-16-15-23(17-25(26)30)29(3,4)5/h9-12,15-17,21,24H,6-8,13-14,18-19H2,1-5H3,(H,31,34)/t21-/m1/s1. The second kappa shape index (κ2) is 12.1. The topological polar surface area (TPSA) is 58.6 Å². The number of carbonyl (C=O) groups excluding carboxylic acids is 2. The Hall–Kier alpha value is -2.34. The van der Waals surface area contributed by atoms with Crippen molar-refractivity contribution in [2.75, 3.05) is 6.61 Å². The lowest BCUT2D eigenvalue weighted by atomic mass is 9.87. The molecule has 0 spiro atoms. The van der Waals surface area contributed by atoms with Gasteiger partial charge in [0.2, 0.25) is 5.91 Å². The Labute approximate surface area is 218 Å². The van der Waals surface area contributed by atoms with Gasteiger partial charge in [-0.1, -0.05) is 70.4 Å². The third-order valence-electron chi connectivity index (χ3n) is 6.87. The van der Waals surface area contributed by atoms with E-state index in [1.165, 1.54) is 12.0 Å². The largest absolute Gasteiger partial charge is 0.483 e. The van der Waals surface area contributed by atoms with Crippen LogP contribution >= 0.6 is 15.9 Å². The summed E-state index contributed by atoms with van der Waals surface area (Å²) >= 11 is 3.58. The molecule has 1 fully saturated rings. The molecule has 1 aliphatic carbocycles. The van der Waals surface area contributed by atoms with Gasteiger partial charge >= 0.3 is 0 Å². The van der Waals surface area contributed by atoms with E-state index in [0.29, 0.717) is 12.3 Å². The van der Waals surface area contributed by atoms with Crippen LogP contribution in [-0.2, 0) is 21.5 Å². The minimum atomic E-state index is -0.598. The summed E-state index contributed by atoms with van der Waals surface area (Å²) in [5.41, 5.74) is 3.31. The zero-order valence-electron chi connectivity index (χ0n) is 21.7. The van der Waals surface area contributed by atoms with Gasteiger partial charge in [-0.2, -0.15) is 0 Å². The second-order valence-corrected chi connectivity index (χ2v) is 11.5. The maximum atomic E-state index is 13.4. The van der Waals surface area contributed by atoms with Gasteiger partial charge in [-0.3, -0.25) is 9.59 Å². The average molecular weight is 544 g/mol. The van der Waals surface area contributed by atoms with E-state index in [-0.39, 0.29) is 29.9 Å². The fourth-order valence-electron chi connectivity index (χ4n) is 4.43. The van der Waals surface area contributed by atoms with Gasteiger partial charge < -0.3 is 15.0 Å². The Balaban J connectivity index is 1.74. The molecule has 1 aliphatic rings. The number of nitrogens with one attached hydrogen (secondary N) is 1. The van der Waals surface area contributed by atoms with Crippen LogP contribution in [0.1, 0.15) is 76.5 Å². The Kier molecular flexibility index (Phi) is 9.40. The molecule has 2 amide bonds. The zero-order valence-corrected chi connectivity index (χ0v) is 23.3. The molecular weight excluding hydrogens is 504 g/mol. The molecule has 3 rings (SSSR count). The van der Waals surface area contributed by atoms with Crippen molar-refractivity contribution in [1.29, 1.82) is 0 Å². The summed E-state index contributed by atoms with van der Waals surface area (Å²) in [7, 11) is 0. The summed E-state index contributed by atoms with van der Waals surface area (Å²) in [6.45, 7) is 10.5. The minimum Gasteiger partial charge on any atom is -0.483 e. The van der Waals surface area contributed by atoms with Crippen LogP contribution in [0.25, 0.3) is 0 Å². The molecule has 0 unspecified atom stereocenters. The molecule has 2 aromatic rings. The second-order valence-electron chi connectivity index (χ2n) is 10.7. The van der Waals surface area contributed by atoms with E-state index in [9.17, 15) is 9.59 Å². The maximum absolute atomic E-state index is 13.4. The van der Waals surface area contributed by atoms with E-state index < -0.39 is 6.04 Å². The van der Waals surface area contributed by atoms with Gasteiger partial charge in [-0.25, -0.2) is 0 Å². The highest BCUT2D eigenvalue weighted by molar-refractivity contribution is 9.10. The monoisotopic (exact) mass is 542 g/mol. The summed E-state index contributed by atoms with van der Waals surface area (Å²) in [4.78, 5) is 28.2. The summed E-state index contributed by atoms with van der Waals surface area (Å²) in [5, 5.41) is 3.18. The minimum absolute atomic E-state index is 0.0162. The number of rotatable bonds is 8. The van der Waals surface area contributed by atoms with Crippen molar-refractivity contribution in [3.63, 3.8) is 0 Å². The van der Waals surface area contributed by atoms with Gasteiger partial charge in [0.05, 0.1) is 4.47 Å². The first-order valence-corrected chi connectivity index (χ1v) is 13.4. The van der Waals surface area contributed by atoms with Crippen LogP contribution in [0, 0.1) is 6.92 Å². The van der Waals surface area contributed by atoms with Crippen LogP contribution in [0.4, 0.5) is 0 Å². The van der Waals surface area contributed by atoms with Crippen LogP contribution in [0.2, 0.25) is 0 Å². The van der Waals surface area contributed by atoms with Crippen LogP contribution < -0.4 is 10.1 Å². The Bertz CT molecular complexity index is 1020. The molecule has 0 bridgehead atoms. The van der Waals surface area contributed by atoms with Gasteiger partial charge in [0.15, 0.2) is 6.61 Å². The van der Waals surface area contributed by atoms with E-state index in [1.54, 1.807) is 4.90 Å². The number of benzene rings is 2. The molecule has 2 aromatic carbocycles. The highest BCUT2D eigenvalue weighted by atomic mass is 79.9. The van der Waals surface area contributed by atoms with Crippen LogP contribution in [0.5, 0.6) is 5.75 Å². The van der Waals surface area contributed by atoms with Crippen molar-refractivity contribution < 1.29 is 14.3 Å². The van der Waals surface area contributed by atoms with Crippen LogP contribution in [0.3, 0.4) is 0 Å². The number of nitrogens with zero attached hydrogens (tertiary/aromatic N) is 1. The molecule has 0 radical (unpaired) electrons. The number of hydrogen-bond acceptors (Lipinski definition) is 3. The molecule has 1 atom stereocenters. The Morgan fingerprint density at radius 2 is 1.80 bits per heavy atom. The molecular formula is C29H39BrN2O3. The van der Waals surface area contributed by atoms with Crippen molar-refractivity contribution >= 4 is 27.7 Å². The Morgan fingerprint density at radius 1 is 1.11 bits per heavy atom. The predicted molar refractivity (Wildman–Crippen MR) is 145 cm³/mol. The fourth-order valence-corrected chi connectivity index (χ4v) is 4.92. The highest BCUT2D eigenvalue weighted by Gasteiger charge is 2.29. The van der Waals surface area contributed by atoms with Gasteiger partial charge in [0.25, 0.3) is 5.91 Å². The predicted octanol–water partition coefficient (Wildman–Crippen LogP) is 6.30. The van der Waals surface area contributed by atoms with Gasteiger partial charge in [-0.05, 0) is 76.9 Å². The molecule has 35 heavy (non-hydrogen) atoms. The third-order valence-corrected chi connectivity index (χ3v) is 7.49. The van der Waals surface area contributed by atoms with Crippen molar-refractivity contribution in [2.45, 2.75) is 90.8 Å². The molecule has 190 valence electrons. The summed E-state index contributed by atoms with van der Waals surface area (Å²) in [6.07, 6.45) is 5.52. The smallest absolute Gasteiger partial charge is 0.261 e. The van der Waals surface area contributed by atoms with E-state index in [2.05, 4.69) is 42.0 Å². The third kappa shape index (κ3) is 7.57. The van der Waals surface area contributed by atoms with Crippen LogP contribution in [0.15, 0.2) is 46.9 Å². The molecule has 0 aliphatic heterocycles. The van der Waals surface area contributed by atoms with Gasteiger partial charge in [0.1, 0.15) is 11.8 Å². The fraction of sp³-hybridized carbons (Fsp3) is 0.517. The molecule has 0 saturated heterocycles. The SMILES string of the molecule is Cc1ccccc1CN(C(=O)COc1ccc(C(C)(C)C)cc1Br)[C@H](C)C(=O)NC1CCCCC1. The van der Waals surface area contributed by atoms with Crippen molar-refractivity contribution in [3.05, 3.63) is 63.6 Å². The van der Waals surface area contributed by atoms with Crippen molar-refractivity contribution in [1.82, 2.24) is 10.2 Å². The summed E-state index contributed by atoms with van der Waals surface area (Å²) < 4.78 is 6.74. The van der Waals surface area contributed by atoms with Gasteiger partial charge in [-0.15, -0.1) is 0 Å². The number of halogens is 1. The quantitative estimate of drug-likeness (QED) is 0.425. The lowest BCUT2D eigenvalue weighted by Crippen LogP contribution is -2.51. The molecule has 6 heteroatoms. The molecule has 1 N–H and O–H groups in total. The first kappa shape index (κ1) is 27.3. The van der Waals surface area contributed by atoms with Crippen LogP contribution in [-0.4, -0.2) is 35.4 Å². The zero-order chi connectivity index (χ0) is 25.6. The number of carbonyl (C=O) groups is 2. The van der Waals surface area contributed by atoms with Gasteiger partial charge in [0, 0.05) is 12.6 Å². The summed E-state index contributed by atoms with van der Waals surface area (Å²) in [5.74, 6) is 0.294. The van der Waals surface area contributed by atoms with E-state index in [0.717, 1.165) is 41.3 Å². The Morgan fingerprint density at radius 3 is 2.43 bits per heavy atom. The van der Waals surface area contributed by atoms with Crippen molar-refractivity contribution in [2.24, 2.45) is 0 Å². The van der Waals surface area contributed by atoms with Crippen molar-refractivity contribution in [3.8, 4) is 5.75 Å². The first-order chi connectivity index (χ1) is 16.6. The normalized spacial score (nSPS) is 15.4. The first-order valence-electron chi connectivity index (χ1n) is 12.6. The number of hydrogen-bond donors (Lipinski definition) is 1. The molecule has 1 saturated carbocycles.